The van der Waals surface area contributed by atoms with Crippen LogP contribution in [-0.4, -0.2) is 29.1 Å². The van der Waals surface area contributed by atoms with E-state index in [0.29, 0.717) is 12.0 Å². The van der Waals surface area contributed by atoms with Gasteiger partial charge in [0.1, 0.15) is 12.1 Å². The summed E-state index contributed by atoms with van der Waals surface area (Å²) >= 11 is 0. The van der Waals surface area contributed by atoms with Gasteiger partial charge in [-0.25, -0.2) is 9.97 Å². The van der Waals surface area contributed by atoms with Gasteiger partial charge in [-0.2, -0.15) is 0 Å². The van der Waals surface area contributed by atoms with Gasteiger partial charge in [-0.05, 0) is 12.3 Å². The summed E-state index contributed by atoms with van der Waals surface area (Å²) in [5.41, 5.74) is 1.12. The second kappa shape index (κ2) is 4.57. The largest absolute Gasteiger partial charge is 0.365 e. The number of hydrogen-bond donors (Lipinski definition) is 2. The van der Waals surface area contributed by atoms with E-state index in [4.69, 9.17) is 0 Å². The quantitative estimate of drug-likeness (QED) is 0.773. The third-order valence-electron chi connectivity index (χ3n) is 2.47. The van der Waals surface area contributed by atoms with Crippen molar-refractivity contribution in [3.8, 4) is 0 Å². The fourth-order valence-corrected chi connectivity index (χ4v) is 1.61. The lowest BCUT2D eigenvalue weighted by molar-refractivity contribution is 0.471. The van der Waals surface area contributed by atoms with Crippen molar-refractivity contribution in [2.75, 3.05) is 18.4 Å². The van der Waals surface area contributed by atoms with Crippen molar-refractivity contribution in [3.63, 3.8) is 0 Å². The molecule has 0 atom stereocenters. The number of rotatable bonds is 4. The van der Waals surface area contributed by atoms with Gasteiger partial charge in [0.05, 0.1) is 6.04 Å². The molecule has 1 aromatic rings. The molecule has 1 fully saturated rings. The molecular formula is C11H18N4. The summed E-state index contributed by atoms with van der Waals surface area (Å²) in [6, 6.07) is 2.59. The van der Waals surface area contributed by atoms with Gasteiger partial charge in [0, 0.05) is 24.8 Å². The van der Waals surface area contributed by atoms with Crippen LogP contribution >= 0.6 is 0 Å². The summed E-state index contributed by atoms with van der Waals surface area (Å²) in [4.78, 5) is 8.48. The van der Waals surface area contributed by atoms with E-state index in [1.54, 1.807) is 6.33 Å². The molecule has 0 bridgehead atoms. The van der Waals surface area contributed by atoms with E-state index in [1.165, 1.54) is 0 Å². The average Bonchev–Trinajstić information content (AvgIpc) is 2.11. The van der Waals surface area contributed by atoms with Crippen molar-refractivity contribution in [1.82, 2.24) is 15.3 Å². The van der Waals surface area contributed by atoms with Crippen LogP contribution in [0.25, 0.3) is 0 Å². The monoisotopic (exact) mass is 206 g/mol. The van der Waals surface area contributed by atoms with Crippen LogP contribution in [0.4, 0.5) is 5.82 Å². The van der Waals surface area contributed by atoms with Crippen molar-refractivity contribution in [2.24, 2.45) is 5.92 Å². The Labute approximate surface area is 90.5 Å². The third kappa shape index (κ3) is 2.89. The zero-order chi connectivity index (χ0) is 10.7. The van der Waals surface area contributed by atoms with E-state index in [0.717, 1.165) is 31.0 Å². The minimum Gasteiger partial charge on any atom is -0.365 e. The van der Waals surface area contributed by atoms with Crippen LogP contribution < -0.4 is 10.6 Å². The first-order valence-corrected chi connectivity index (χ1v) is 5.52. The van der Waals surface area contributed by atoms with Crippen LogP contribution in [0.3, 0.4) is 0 Å². The predicted molar refractivity (Wildman–Crippen MR) is 60.9 cm³/mol. The Balaban J connectivity index is 1.98. The van der Waals surface area contributed by atoms with Gasteiger partial charge >= 0.3 is 0 Å². The van der Waals surface area contributed by atoms with Crippen LogP contribution in [-0.2, 0) is 6.42 Å². The summed E-state index contributed by atoms with van der Waals surface area (Å²) < 4.78 is 0. The minimum atomic E-state index is 0.534. The zero-order valence-electron chi connectivity index (χ0n) is 9.33. The van der Waals surface area contributed by atoms with Crippen molar-refractivity contribution < 1.29 is 0 Å². The van der Waals surface area contributed by atoms with Crippen molar-refractivity contribution in [1.29, 1.82) is 0 Å². The molecule has 4 heteroatoms. The molecule has 1 aliphatic heterocycles. The maximum atomic E-state index is 4.26. The summed E-state index contributed by atoms with van der Waals surface area (Å²) in [7, 11) is 0. The van der Waals surface area contributed by atoms with Crippen LogP contribution in [0.5, 0.6) is 0 Å². The standard InChI is InChI=1S/C11H18N4/c1-8(2)3-9-4-11(14-7-13-9)15-10-5-12-6-10/h4,7-8,10,12H,3,5-6H2,1-2H3,(H,13,14,15). The molecule has 82 valence electrons. The predicted octanol–water partition coefficient (Wildman–Crippen LogP) is 1.06. The van der Waals surface area contributed by atoms with Crippen LogP contribution in [0.1, 0.15) is 19.5 Å². The van der Waals surface area contributed by atoms with Crippen LogP contribution in [0.2, 0.25) is 0 Å². The molecule has 0 amide bonds. The Morgan fingerprint density at radius 1 is 1.47 bits per heavy atom. The number of anilines is 1. The average molecular weight is 206 g/mol. The second-order valence-corrected chi connectivity index (χ2v) is 4.49. The molecule has 1 aromatic heterocycles. The summed E-state index contributed by atoms with van der Waals surface area (Å²) in [6.07, 6.45) is 2.66. The molecule has 0 saturated carbocycles. The lowest BCUT2D eigenvalue weighted by atomic mass is 10.1. The smallest absolute Gasteiger partial charge is 0.129 e. The van der Waals surface area contributed by atoms with Gasteiger partial charge in [-0.1, -0.05) is 13.8 Å². The van der Waals surface area contributed by atoms with E-state index in [9.17, 15) is 0 Å². The SMILES string of the molecule is CC(C)Cc1cc(NC2CNC2)ncn1. The molecule has 0 unspecified atom stereocenters. The van der Waals surface area contributed by atoms with Gasteiger partial charge in [0.2, 0.25) is 0 Å². The zero-order valence-corrected chi connectivity index (χ0v) is 9.33. The summed E-state index contributed by atoms with van der Waals surface area (Å²) in [5.74, 6) is 1.59. The van der Waals surface area contributed by atoms with E-state index < -0.39 is 0 Å². The molecule has 0 aromatic carbocycles. The highest BCUT2D eigenvalue weighted by Crippen LogP contribution is 2.10. The van der Waals surface area contributed by atoms with Crippen molar-refractivity contribution in [2.45, 2.75) is 26.3 Å². The molecule has 0 aliphatic carbocycles. The Morgan fingerprint density at radius 2 is 2.27 bits per heavy atom. The number of nitrogens with one attached hydrogen (secondary N) is 2. The lowest BCUT2D eigenvalue weighted by Crippen LogP contribution is -2.51. The van der Waals surface area contributed by atoms with Crippen molar-refractivity contribution in [3.05, 3.63) is 18.1 Å². The highest BCUT2D eigenvalue weighted by atomic mass is 15.1. The van der Waals surface area contributed by atoms with Crippen molar-refractivity contribution >= 4 is 5.82 Å². The van der Waals surface area contributed by atoms with E-state index in [1.807, 2.05) is 0 Å². The lowest BCUT2D eigenvalue weighted by Gasteiger charge is -2.28. The van der Waals surface area contributed by atoms with Gasteiger partial charge in [0.15, 0.2) is 0 Å². The Morgan fingerprint density at radius 3 is 2.87 bits per heavy atom. The maximum absolute atomic E-state index is 4.26. The fraction of sp³-hybridized carbons (Fsp3) is 0.636. The first kappa shape index (κ1) is 10.4. The molecule has 2 N–H and O–H groups in total. The topological polar surface area (TPSA) is 49.8 Å². The first-order chi connectivity index (χ1) is 7.24. The normalized spacial score (nSPS) is 16.5. The molecule has 0 spiro atoms. The fourth-order valence-electron chi connectivity index (χ4n) is 1.61. The van der Waals surface area contributed by atoms with Gasteiger partial charge in [-0.15, -0.1) is 0 Å². The molecule has 1 saturated heterocycles. The van der Waals surface area contributed by atoms with Gasteiger partial charge in [0.25, 0.3) is 0 Å². The Kier molecular flexibility index (Phi) is 3.16. The number of nitrogens with zero attached hydrogens (tertiary/aromatic N) is 2. The maximum Gasteiger partial charge on any atom is 0.129 e. The summed E-state index contributed by atoms with van der Waals surface area (Å²) in [5, 5.41) is 6.60. The molecule has 1 aliphatic rings. The molecule has 15 heavy (non-hydrogen) atoms. The highest BCUT2D eigenvalue weighted by Gasteiger charge is 2.16. The summed E-state index contributed by atoms with van der Waals surface area (Å²) in [6.45, 7) is 6.46. The van der Waals surface area contributed by atoms with E-state index >= 15 is 0 Å². The Bertz CT molecular complexity index is 320. The first-order valence-electron chi connectivity index (χ1n) is 5.52. The van der Waals surface area contributed by atoms with E-state index in [2.05, 4.69) is 40.5 Å². The number of hydrogen-bond acceptors (Lipinski definition) is 4. The van der Waals surface area contributed by atoms with Gasteiger partial charge in [-0.3, -0.25) is 0 Å². The number of aromatic nitrogens is 2. The van der Waals surface area contributed by atoms with E-state index in [-0.39, 0.29) is 0 Å². The molecule has 4 nitrogen and oxygen atoms in total. The molecule has 2 rings (SSSR count). The third-order valence-corrected chi connectivity index (χ3v) is 2.47. The molecular weight excluding hydrogens is 188 g/mol. The Hall–Kier alpha value is -1.16. The van der Waals surface area contributed by atoms with Crippen LogP contribution in [0, 0.1) is 5.92 Å². The van der Waals surface area contributed by atoms with Gasteiger partial charge < -0.3 is 10.6 Å². The molecule has 0 radical (unpaired) electrons. The molecule has 2 heterocycles. The second-order valence-electron chi connectivity index (χ2n) is 4.49. The highest BCUT2D eigenvalue weighted by molar-refractivity contribution is 5.37. The minimum absolute atomic E-state index is 0.534. The van der Waals surface area contributed by atoms with Crippen LogP contribution in [0.15, 0.2) is 12.4 Å².